The van der Waals surface area contributed by atoms with Gasteiger partial charge in [0.1, 0.15) is 0 Å². The number of nitrogens with one attached hydrogen (secondary N) is 2. The Balaban J connectivity index is 0. The van der Waals surface area contributed by atoms with E-state index >= 15 is 0 Å². The lowest BCUT2D eigenvalue weighted by molar-refractivity contribution is -0.125. The normalized spacial score (nSPS) is 15.4. The summed E-state index contributed by atoms with van der Waals surface area (Å²) in [6.45, 7) is 7.74. The number of ether oxygens (including phenoxy) is 1. The first-order valence-electron chi connectivity index (χ1n) is 6.52. The van der Waals surface area contributed by atoms with E-state index in [0.717, 1.165) is 26.3 Å². The van der Waals surface area contributed by atoms with Gasteiger partial charge in [0.25, 0.3) is 0 Å². The predicted octanol–water partition coefficient (Wildman–Crippen LogP) is -0.868. The second-order valence-electron chi connectivity index (χ2n) is 5.17. The van der Waals surface area contributed by atoms with Crippen LogP contribution in [0.1, 0.15) is 13.8 Å². The highest BCUT2D eigenvalue weighted by molar-refractivity contribution is 5.86. The molecule has 0 aromatic carbocycles. The van der Waals surface area contributed by atoms with Crippen molar-refractivity contribution in [2.24, 2.45) is 5.73 Å². The maximum absolute atomic E-state index is 11.6. The fourth-order valence-electron chi connectivity index (χ4n) is 1.91. The minimum atomic E-state index is -0.331. The number of rotatable bonds is 6. The summed E-state index contributed by atoms with van der Waals surface area (Å²) in [5.41, 5.74) is 5.01. The summed E-state index contributed by atoms with van der Waals surface area (Å²) in [4.78, 5) is 24.8. The quantitative estimate of drug-likeness (QED) is 0.582. The number of halogens is 2. The van der Waals surface area contributed by atoms with Gasteiger partial charge in [-0.2, -0.15) is 0 Å². The van der Waals surface area contributed by atoms with Crippen molar-refractivity contribution in [3.63, 3.8) is 0 Å². The minimum Gasteiger partial charge on any atom is -0.379 e. The van der Waals surface area contributed by atoms with Gasteiger partial charge in [-0.3, -0.25) is 14.5 Å². The lowest BCUT2D eigenvalue weighted by Gasteiger charge is -2.40. The maximum atomic E-state index is 11.6. The number of carbonyl (C=O) groups is 2. The summed E-state index contributed by atoms with van der Waals surface area (Å²) >= 11 is 0. The fraction of sp³-hybridized carbons (Fsp3) is 0.833. The monoisotopic (exact) mass is 344 g/mol. The van der Waals surface area contributed by atoms with E-state index < -0.39 is 0 Å². The van der Waals surface area contributed by atoms with Gasteiger partial charge in [-0.15, -0.1) is 24.8 Å². The molecule has 126 valence electrons. The largest absolute Gasteiger partial charge is 0.379 e. The van der Waals surface area contributed by atoms with Gasteiger partial charge in [0.05, 0.1) is 26.3 Å². The molecule has 0 saturated carbocycles. The van der Waals surface area contributed by atoms with Crippen molar-refractivity contribution < 1.29 is 14.3 Å². The highest BCUT2D eigenvalue weighted by Crippen LogP contribution is 2.14. The maximum Gasteiger partial charge on any atom is 0.239 e. The Hall–Kier alpha value is -0.600. The van der Waals surface area contributed by atoms with Crippen molar-refractivity contribution in [3.05, 3.63) is 0 Å². The molecule has 1 aliphatic heterocycles. The number of hydrogen-bond donors (Lipinski definition) is 3. The van der Waals surface area contributed by atoms with E-state index in [1.807, 2.05) is 0 Å². The average molecular weight is 345 g/mol. The molecule has 1 aliphatic rings. The second kappa shape index (κ2) is 11.0. The predicted molar refractivity (Wildman–Crippen MR) is 86.0 cm³/mol. The van der Waals surface area contributed by atoms with Crippen LogP contribution < -0.4 is 16.4 Å². The van der Waals surface area contributed by atoms with Gasteiger partial charge in [-0.05, 0) is 13.8 Å². The van der Waals surface area contributed by atoms with Gasteiger partial charge >= 0.3 is 0 Å². The van der Waals surface area contributed by atoms with Crippen molar-refractivity contribution >= 4 is 36.6 Å². The van der Waals surface area contributed by atoms with E-state index in [9.17, 15) is 9.59 Å². The molecule has 0 atom stereocenters. The average Bonchev–Trinajstić information content (AvgIpc) is 2.43. The fourth-order valence-corrected chi connectivity index (χ4v) is 1.91. The van der Waals surface area contributed by atoms with Crippen molar-refractivity contribution in [3.8, 4) is 0 Å². The molecule has 0 aliphatic carbocycles. The molecule has 7 nitrogen and oxygen atoms in total. The van der Waals surface area contributed by atoms with E-state index in [-0.39, 0.29) is 55.3 Å². The first-order valence-corrected chi connectivity index (χ1v) is 6.52. The van der Waals surface area contributed by atoms with E-state index in [1.54, 1.807) is 0 Å². The summed E-state index contributed by atoms with van der Waals surface area (Å²) in [5.74, 6) is -0.536. The van der Waals surface area contributed by atoms with Gasteiger partial charge < -0.3 is 21.1 Å². The number of hydrogen-bond acceptors (Lipinski definition) is 5. The third-order valence-electron chi connectivity index (χ3n) is 3.22. The van der Waals surface area contributed by atoms with Crippen LogP contribution in [0, 0.1) is 0 Å². The van der Waals surface area contributed by atoms with E-state index in [4.69, 9.17) is 10.5 Å². The zero-order valence-electron chi connectivity index (χ0n) is 12.5. The highest BCUT2D eigenvalue weighted by Gasteiger charge is 2.28. The van der Waals surface area contributed by atoms with Crippen LogP contribution in [0.3, 0.4) is 0 Å². The number of nitrogens with zero attached hydrogens (tertiary/aromatic N) is 1. The molecule has 0 radical (unpaired) electrons. The molecule has 1 heterocycles. The smallest absolute Gasteiger partial charge is 0.239 e. The third kappa shape index (κ3) is 8.43. The van der Waals surface area contributed by atoms with Gasteiger partial charge in [0.15, 0.2) is 0 Å². The van der Waals surface area contributed by atoms with Crippen LogP contribution in [0.5, 0.6) is 0 Å². The molecule has 1 fully saturated rings. The SMILES string of the molecule is CC(C)(CNC(=O)CNC(=O)CN)N1CCOCC1.Cl.Cl. The number of nitrogens with two attached hydrogens (primary N) is 1. The minimum absolute atomic E-state index is 0. The summed E-state index contributed by atoms with van der Waals surface area (Å²) in [6, 6.07) is 0. The molecule has 0 unspecified atom stereocenters. The van der Waals surface area contributed by atoms with Crippen molar-refractivity contribution in [2.45, 2.75) is 19.4 Å². The van der Waals surface area contributed by atoms with Crippen LogP contribution in [-0.4, -0.2) is 68.2 Å². The summed E-state index contributed by atoms with van der Waals surface area (Å²) in [7, 11) is 0. The first-order chi connectivity index (χ1) is 8.95. The molecule has 4 N–H and O–H groups in total. The van der Waals surface area contributed by atoms with Crippen molar-refractivity contribution in [1.29, 1.82) is 0 Å². The van der Waals surface area contributed by atoms with Crippen LogP contribution in [0.15, 0.2) is 0 Å². The Bertz CT molecular complexity index is 324. The molecule has 2 amide bonds. The molecule has 0 bridgehead atoms. The molecule has 0 aromatic rings. The lowest BCUT2D eigenvalue weighted by Crippen LogP contribution is -2.56. The zero-order chi connectivity index (χ0) is 14.3. The summed E-state index contributed by atoms with van der Waals surface area (Å²) in [5, 5.41) is 5.26. The standard InChI is InChI=1S/C12H24N4O3.2ClH/c1-12(2,16-3-5-19-6-4-16)9-15-11(18)8-14-10(17)7-13;;/h3-9,13H2,1-2H3,(H,14,17)(H,15,18);2*1H. The van der Waals surface area contributed by atoms with Crippen LogP contribution in [0.2, 0.25) is 0 Å². The van der Waals surface area contributed by atoms with Gasteiger partial charge in [-0.25, -0.2) is 0 Å². The van der Waals surface area contributed by atoms with Crippen molar-refractivity contribution in [1.82, 2.24) is 15.5 Å². The number of morpholine rings is 1. The van der Waals surface area contributed by atoms with Crippen molar-refractivity contribution in [2.75, 3.05) is 45.9 Å². The molecule has 21 heavy (non-hydrogen) atoms. The van der Waals surface area contributed by atoms with Gasteiger partial charge in [-0.1, -0.05) is 0 Å². The Morgan fingerprint density at radius 2 is 1.71 bits per heavy atom. The summed E-state index contributed by atoms with van der Waals surface area (Å²) < 4.78 is 5.31. The van der Waals surface area contributed by atoms with E-state index in [0.29, 0.717) is 6.54 Å². The molecule has 9 heteroatoms. The van der Waals surface area contributed by atoms with Crippen LogP contribution >= 0.6 is 24.8 Å². The molecule has 1 rings (SSSR count). The highest BCUT2D eigenvalue weighted by atomic mass is 35.5. The van der Waals surface area contributed by atoms with Gasteiger partial charge in [0, 0.05) is 25.2 Å². The summed E-state index contributed by atoms with van der Waals surface area (Å²) in [6.07, 6.45) is 0. The third-order valence-corrected chi connectivity index (χ3v) is 3.22. The number of amides is 2. The first kappa shape index (κ1) is 22.7. The Morgan fingerprint density at radius 3 is 2.24 bits per heavy atom. The molecular weight excluding hydrogens is 319 g/mol. The topological polar surface area (TPSA) is 96.7 Å². The molecule has 0 aromatic heterocycles. The zero-order valence-corrected chi connectivity index (χ0v) is 14.1. The van der Waals surface area contributed by atoms with Crippen LogP contribution in [0.25, 0.3) is 0 Å². The van der Waals surface area contributed by atoms with Crippen LogP contribution in [0.4, 0.5) is 0 Å². The van der Waals surface area contributed by atoms with E-state index in [1.165, 1.54) is 0 Å². The molecular formula is C12H26Cl2N4O3. The van der Waals surface area contributed by atoms with E-state index in [2.05, 4.69) is 29.4 Å². The second-order valence-corrected chi connectivity index (χ2v) is 5.17. The number of carbonyl (C=O) groups excluding carboxylic acids is 2. The molecule has 1 saturated heterocycles. The lowest BCUT2D eigenvalue weighted by atomic mass is 10.0. The van der Waals surface area contributed by atoms with Gasteiger partial charge in [0.2, 0.25) is 11.8 Å². The van der Waals surface area contributed by atoms with Crippen LogP contribution in [-0.2, 0) is 14.3 Å². The Kier molecular flexibility index (Phi) is 11.9. The Labute approximate surface area is 138 Å². The molecule has 0 spiro atoms. The Morgan fingerprint density at radius 1 is 1.14 bits per heavy atom.